The first-order chi connectivity index (χ1) is 8.27. The molecule has 0 aliphatic heterocycles. The topological polar surface area (TPSA) is 46.2 Å². The number of rotatable bonds is 5. The molecule has 0 aromatic heterocycles. The molecule has 0 amide bonds. The zero-order valence-electron chi connectivity index (χ0n) is 10.6. The fraction of sp³-hybridized carbons (Fsp3) is 0.500. The second-order valence-electron chi connectivity index (χ2n) is 4.45. The van der Waals surface area contributed by atoms with Crippen molar-refractivity contribution < 1.29 is 8.42 Å². The summed E-state index contributed by atoms with van der Waals surface area (Å²) in [6, 6.07) is 4.98. The molecule has 0 heterocycles. The van der Waals surface area contributed by atoms with Crippen molar-refractivity contribution in [2.75, 3.05) is 0 Å². The molecule has 0 saturated heterocycles. The van der Waals surface area contributed by atoms with Crippen LogP contribution in [0.2, 0.25) is 0 Å². The molecule has 6 heteroatoms. The van der Waals surface area contributed by atoms with E-state index in [1.165, 1.54) is 0 Å². The van der Waals surface area contributed by atoms with Crippen LogP contribution in [0.4, 0.5) is 0 Å². The van der Waals surface area contributed by atoms with Crippen molar-refractivity contribution in [3.05, 3.63) is 27.1 Å². The highest BCUT2D eigenvalue weighted by atomic mass is 79.9. The van der Waals surface area contributed by atoms with Gasteiger partial charge in [0, 0.05) is 15.0 Å². The highest BCUT2D eigenvalue weighted by Crippen LogP contribution is 2.26. The van der Waals surface area contributed by atoms with Crippen LogP contribution in [0.5, 0.6) is 0 Å². The van der Waals surface area contributed by atoms with E-state index in [4.69, 9.17) is 0 Å². The molecule has 102 valence electrons. The summed E-state index contributed by atoms with van der Waals surface area (Å²) in [6.07, 6.45) is 0.769. The maximum Gasteiger partial charge on any atom is 0.241 e. The second kappa shape index (κ2) is 6.50. The van der Waals surface area contributed by atoms with Crippen LogP contribution in [0.3, 0.4) is 0 Å². The molecule has 1 rings (SSSR count). The summed E-state index contributed by atoms with van der Waals surface area (Å²) < 4.78 is 28.7. The Bertz CT molecular complexity index is 515. The van der Waals surface area contributed by atoms with E-state index in [2.05, 4.69) is 36.6 Å². The molecule has 1 unspecified atom stereocenters. The molecular weight excluding hydrogens is 382 g/mol. The third-order valence-electron chi connectivity index (χ3n) is 2.73. The summed E-state index contributed by atoms with van der Waals surface area (Å²) in [5.41, 5.74) is 0. The molecule has 1 atom stereocenters. The van der Waals surface area contributed by atoms with Gasteiger partial charge < -0.3 is 0 Å². The molecule has 0 radical (unpaired) electrons. The minimum atomic E-state index is -3.48. The number of nitrogens with one attached hydrogen (secondary N) is 1. The lowest BCUT2D eigenvalue weighted by Gasteiger charge is -2.21. The summed E-state index contributed by atoms with van der Waals surface area (Å²) in [5, 5.41) is 0. The predicted octanol–water partition coefficient (Wildman–Crippen LogP) is 3.92. The largest absolute Gasteiger partial charge is 0.241 e. The molecule has 0 fully saturated rings. The van der Waals surface area contributed by atoms with Gasteiger partial charge in [0.1, 0.15) is 0 Å². The van der Waals surface area contributed by atoms with Crippen LogP contribution in [0.1, 0.15) is 27.2 Å². The van der Waals surface area contributed by atoms with E-state index in [0.29, 0.717) is 4.47 Å². The third-order valence-corrected chi connectivity index (χ3v) is 5.69. The lowest BCUT2D eigenvalue weighted by molar-refractivity contribution is 0.437. The molecule has 1 N–H and O–H groups in total. The summed E-state index contributed by atoms with van der Waals surface area (Å²) in [5.74, 6) is 0.263. The second-order valence-corrected chi connectivity index (χ2v) is 7.91. The number of hydrogen-bond acceptors (Lipinski definition) is 2. The molecule has 0 saturated carbocycles. The van der Waals surface area contributed by atoms with Gasteiger partial charge in [0.15, 0.2) is 0 Å². The van der Waals surface area contributed by atoms with Gasteiger partial charge in [-0.2, -0.15) is 0 Å². The van der Waals surface area contributed by atoms with E-state index in [1.807, 2.05) is 20.8 Å². The van der Waals surface area contributed by atoms with Gasteiger partial charge in [0.05, 0.1) is 4.90 Å². The van der Waals surface area contributed by atoms with Gasteiger partial charge in [0.25, 0.3) is 0 Å². The SMILES string of the molecule is CCC(NS(=O)(=O)c1ccc(Br)cc1Br)C(C)C. The Kier molecular flexibility index (Phi) is 5.83. The van der Waals surface area contributed by atoms with Crippen molar-refractivity contribution in [3.63, 3.8) is 0 Å². The molecular formula is C12H17Br2NO2S. The minimum Gasteiger partial charge on any atom is -0.208 e. The monoisotopic (exact) mass is 397 g/mol. The Morgan fingerprint density at radius 3 is 2.33 bits per heavy atom. The first kappa shape index (κ1) is 16.1. The molecule has 0 spiro atoms. The number of hydrogen-bond donors (Lipinski definition) is 1. The average molecular weight is 399 g/mol. The van der Waals surface area contributed by atoms with Crippen molar-refractivity contribution in [2.45, 2.75) is 38.1 Å². The third kappa shape index (κ3) is 4.05. The Morgan fingerprint density at radius 2 is 1.89 bits per heavy atom. The van der Waals surface area contributed by atoms with Gasteiger partial charge >= 0.3 is 0 Å². The van der Waals surface area contributed by atoms with E-state index in [1.54, 1.807) is 18.2 Å². The highest BCUT2D eigenvalue weighted by Gasteiger charge is 2.23. The van der Waals surface area contributed by atoms with Crippen LogP contribution in [0.15, 0.2) is 32.0 Å². The summed E-state index contributed by atoms with van der Waals surface area (Å²) in [6.45, 7) is 5.99. The van der Waals surface area contributed by atoms with Crippen LogP contribution in [0.25, 0.3) is 0 Å². The van der Waals surface area contributed by atoms with Crippen molar-refractivity contribution in [1.82, 2.24) is 4.72 Å². The summed E-state index contributed by atoms with van der Waals surface area (Å²) in [7, 11) is -3.48. The van der Waals surface area contributed by atoms with E-state index < -0.39 is 10.0 Å². The number of halogens is 2. The molecule has 0 bridgehead atoms. The fourth-order valence-corrected chi connectivity index (χ4v) is 4.86. The van der Waals surface area contributed by atoms with Crippen molar-refractivity contribution in [1.29, 1.82) is 0 Å². The highest BCUT2D eigenvalue weighted by molar-refractivity contribution is 9.11. The Labute approximate surface area is 126 Å². The predicted molar refractivity (Wildman–Crippen MR) is 81.1 cm³/mol. The lowest BCUT2D eigenvalue weighted by atomic mass is 10.0. The average Bonchev–Trinajstić information content (AvgIpc) is 2.24. The van der Waals surface area contributed by atoms with Crippen molar-refractivity contribution in [2.24, 2.45) is 5.92 Å². The van der Waals surface area contributed by atoms with Gasteiger partial charge in [-0.15, -0.1) is 0 Å². The van der Waals surface area contributed by atoms with Crippen molar-refractivity contribution >= 4 is 41.9 Å². The molecule has 1 aromatic carbocycles. The molecule has 3 nitrogen and oxygen atoms in total. The molecule has 0 aliphatic rings. The first-order valence-electron chi connectivity index (χ1n) is 5.75. The summed E-state index contributed by atoms with van der Waals surface area (Å²) >= 11 is 6.59. The van der Waals surface area contributed by atoms with Gasteiger partial charge in [-0.3, -0.25) is 0 Å². The van der Waals surface area contributed by atoms with E-state index in [9.17, 15) is 8.42 Å². The Balaban J connectivity index is 3.06. The number of sulfonamides is 1. The summed E-state index contributed by atoms with van der Waals surface area (Å²) in [4.78, 5) is 0.268. The van der Waals surface area contributed by atoms with E-state index in [-0.39, 0.29) is 16.9 Å². The normalized spacial score (nSPS) is 13.9. The van der Waals surface area contributed by atoms with Crippen molar-refractivity contribution in [3.8, 4) is 0 Å². The Hall–Kier alpha value is 0.0900. The van der Waals surface area contributed by atoms with Crippen LogP contribution in [-0.2, 0) is 10.0 Å². The van der Waals surface area contributed by atoms with E-state index >= 15 is 0 Å². The van der Waals surface area contributed by atoms with Gasteiger partial charge in [0.2, 0.25) is 10.0 Å². The lowest BCUT2D eigenvalue weighted by Crippen LogP contribution is -2.38. The zero-order chi connectivity index (χ0) is 13.9. The van der Waals surface area contributed by atoms with E-state index in [0.717, 1.165) is 10.9 Å². The van der Waals surface area contributed by atoms with Crippen LogP contribution >= 0.6 is 31.9 Å². The zero-order valence-corrected chi connectivity index (χ0v) is 14.6. The van der Waals surface area contributed by atoms with Crippen LogP contribution in [0, 0.1) is 5.92 Å². The Morgan fingerprint density at radius 1 is 1.28 bits per heavy atom. The standard InChI is InChI=1S/C12H17Br2NO2S/c1-4-11(8(2)3)15-18(16,17)12-6-5-9(13)7-10(12)14/h5-8,11,15H,4H2,1-3H3. The maximum atomic E-state index is 12.3. The van der Waals surface area contributed by atoms with Crippen LogP contribution < -0.4 is 4.72 Å². The number of benzene rings is 1. The minimum absolute atomic E-state index is 0.0504. The maximum absolute atomic E-state index is 12.3. The van der Waals surface area contributed by atoms with Gasteiger partial charge in [-0.05, 0) is 46.5 Å². The first-order valence-corrected chi connectivity index (χ1v) is 8.82. The van der Waals surface area contributed by atoms with Gasteiger partial charge in [-0.25, -0.2) is 13.1 Å². The van der Waals surface area contributed by atoms with Crippen LogP contribution in [-0.4, -0.2) is 14.5 Å². The fourth-order valence-electron chi connectivity index (χ4n) is 1.65. The molecule has 1 aromatic rings. The molecule has 0 aliphatic carbocycles. The van der Waals surface area contributed by atoms with Gasteiger partial charge in [-0.1, -0.05) is 36.7 Å². The smallest absolute Gasteiger partial charge is 0.208 e. The quantitative estimate of drug-likeness (QED) is 0.816. The molecule has 18 heavy (non-hydrogen) atoms.